The van der Waals surface area contributed by atoms with Crippen LogP contribution >= 0.6 is 11.8 Å². The SMILES string of the molecule is CNC(C)(CCCSc1ccc(OC)cc1)C(=O)O. The minimum atomic E-state index is -0.833. The van der Waals surface area contributed by atoms with E-state index in [2.05, 4.69) is 5.32 Å². The van der Waals surface area contributed by atoms with E-state index in [-0.39, 0.29) is 0 Å². The van der Waals surface area contributed by atoms with Crippen LogP contribution in [-0.2, 0) is 4.79 Å². The van der Waals surface area contributed by atoms with Crippen molar-refractivity contribution in [1.82, 2.24) is 5.32 Å². The van der Waals surface area contributed by atoms with Gasteiger partial charge in [0.05, 0.1) is 7.11 Å². The zero-order valence-electron chi connectivity index (χ0n) is 11.6. The second-order valence-electron chi connectivity index (χ2n) is 4.51. The Morgan fingerprint density at radius 1 is 1.42 bits per heavy atom. The standard InChI is InChI=1S/C14H21NO3S/c1-14(15-2,13(16)17)9-4-10-19-12-7-5-11(18-3)6-8-12/h5-8,15H,4,9-10H2,1-3H3,(H,16,17). The highest BCUT2D eigenvalue weighted by molar-refractivity contribution is 7.99. The van der Waals surface area contributed by atoms with Gasteiger partial charge < -0.3 is 15.2 Å². The van der Waals surface area contributed by atoms with Gasteiger partial charge in [-0.25, -0.2) is 0 Å². The van der Waals surface area contributed by atoms with E-state index in [4.69, 9.17) is 9.84 Å². The largest absolute Gasteiger partial charge is 0.497 e. The average Bonchev–Trinajstić information content (AvgIpc) is 2.43. The fourth-order valence-electron chi connectivity index (χ4n) is 1.63. The van der Waals surface area contributed by atoms with Crippen molar-refractivity contribution in [3.05, 3.63) is 24.3 Å². The number of carboxylic acid groups (broad SMARTS) is 1. The van der Waals surface area contributed by atoms with Crippen LogP contribution in [0.2, 0.25) is 0 Å². The number of rotatable bonds is 8. The summed E-state index contributed by atoms with van der Waals surface area (Å²) in [5, 5.41) is 12.0. The van der Waals surface area contributed by atoms with Crippen molar-refractivity contribution in [2.24, 2.45) is 0 Å². The molecule has 106 valence electrons. The molecule has 0 saturated carbocycles. The second kappa shape index (κ2) is 7.40. The molecule has 1 aromatic carbocycles. The number of hydrogen-bond donors (Lipinski definition) is 2. The number of carboxylic acids is 1. The number of hydrogen-bond acceptors (Lipinski definition) is 4. The van der Waals surface area contributed by atoms with Crippen molar-refractivity contribution >= 4 is 17.7 Å². The zero-order valence-corrected chi connectivity index (χ0v) is 12.4. The maximum absolute atomic E-state index is 11.1. The number of carbonyl (C=O) groups is 1. The summed E-state index contributed by atoms with van der Waals surface area (Å²) < 4.78 is 5.10. The Bertz CT molecular complexity index is 408. The minimum Gasteiger partial charge on any atom is -0.497 e. The summed E-state index contributed by atoms with van der Waals surface area (Å²) in [4.78, 5) is 12.3. The summed E-state index contributed by atoms with van der Waals surface area (Å²) >= 11 is 1.73. The average molecular weight is 283 g/mol. The van der Waals surface area contributed by atoms with Crippen molar-refractivity contribution < 1.29 is 14.6 Å². The fraction of sp³-hybridized carbons (Fsp3) is 0.500. The summed E-state index contributed by atoms with van der Waals surface area (Å²) in [6.45, 7) is 1.72. The molecule has 1 unspecified atom stereocenters. The normalized spacial score (nSPS) is 13.8. The van der Waals surface area contributed by atoms with Gasteiger partial charge in [0.15, 0.2) is 0 Å². The van der Waals surface area contributed by atoms with E-state index in [9.17, 15) is 4.79 Å². The zero-order chi connectivity index (χ0) is 14.3. The lowest BCUT2D eigenvalue weighted by atomic mass is 9.97. The predicted molar refractivity (Wildman–Crippen MR) is 78.1 cm³/mol. The summed E-state index contributed by atoms with van der Waals surface area (Å²) in [5.74, 6) is 0.944. The molecule has 0 saturated heterocycles. The Morgan fingerprint density at radius 3 is 2.53 bits per heavy atom. The van der Waals surface area contributed by atoms with Crippen LogP contribution in [-0.4, -0.2) is 36.5 Å². The molecule has 0 fully saturated rings. The third kappa shape index (κ3) is 4.76. The molecule has 19 heavy (non-hydrogen) atoms. The Balaban J connectivity index is 2.35. The van der Waals surface area contributed by atoms with Crippen molar-refractivity contribution in [2.75, 3.05) is 19.9 Å². The molecule has 2 N–H and O–H groups in total. The van der Waals surface area contributed by atoms with Gasteiger partial charge >= 0.3 is 5.97 Å². The first kappa shape index (κ1) is 15.9. The van der Waals surface area contributed by atoms with Crippen LogP contribution < -0.4 is 10.1 Å². The molecule has 0 spiro atoms. The molecule has 0 heterocycles. The minimum absolute atomic E-state index is 0.613. The third-order valence-electron chi connectivity index (χ3n) is 3.17. The molecule has 1 aromatic rings. The Morgan fingerprint density at radius 2 is 2.05 bits per heavy atom. The molecular weight excluding hydrogens is 262 g/mol. The molecular formula is C14H21NO3S. The summed E-state index contributed by atoms with van der Waals surface area (Å²) in [6, 6.07) is 7.88. The highest BCUT2D eigenvalue weighted by Gasteiger charge is 2.30. The number of nitrogens with one attached hydrogen (secondary N) is 1. The van der Waals surface area contributed by atoms with Crippen molar-refractivity contribution in [2.45, 2.75) is 30.2 Å². The molecule has 0 aliphatic rings. The van der Waals surface area contributed by atoms with E-state index < -0.39 is 11.5 Å². The Hall–Kier alpha value is -1.20. The lowest BCUT2D eigenvalue weighted by Gasteiger charge is -2.23. The number of benzene rings is 1. The van der Waals surface area contributed by atoms with E-state index in [1.165, 1.54) is 4.90 Å². The number of thioether (sulfide) groups is 1. The number of aliphatic carboxylic acids is 1. The molecule has 0 aliphatic heterocycles. The maximum Gasteiger partial charge on any atom is 0.323 e. The fourth-order valence-corrected chi connectivity index (χ4v) is 2.48. The van der Waals surface area contributed by atoms with E-state index in [0.717, 1.165) is 17.9 Å². The molecule has 4 nitrogen and oxygen atoms in total. The van der Waals surface area contributed by atoms with Crippen LogP contribution in [0.25, 0.3) is 0 Å². The van der Waals surface area contributed by atoms with Crippen molar-refractivity contribution in [3.63, 3.8) is 0 Å². The number of likely N-dealkylation sites (N-methyl/N-ethyl adjacent to an activating group) is 1. The van der Waals surface area contributed by atoms with Crippen LogP contribution in [0.3, 0.4) is 0 Å². The third-order valence-corrected chi connectivity index (χ3v) is 4.27. The van der Waals surface area contributed by atoms with Gasteiger partial charge in [-0.15, -0.1) is 11.8 Å². The van der Waals surface area contributed by atoms with Gasteiger partial charge in [-0.3, -0.25) is 4.79 Å². The molecule has 1 rings (SSSR count). The number of methoxy groups -OCH3 is 1. The van der Waals surface area contributed by atoms with Crippen LogP contribution in [0.15, 0.2) is 29.2 Å². The van der Waals surface area contributed by atoms with E-state index >= 15 is 0 Å². The highest BCUT2D eigenvalue weighted by atomic mass is 32.2. The predicted octanol–water partition coefficient (Wildman–Crippen LogP) is 2.63. The Kier molecular flexibility index (Phi) is 6.18. The molecule has 1 atom stereocenters. The first-order valence-corrected chi connectivity index (χ1v) is 7.19. The summed E-state index contributed by atoms with van der Waals surface area (Å²) in [5.41, 5.74) is -0.833. The lowest BCUT2D eigenvalue weighted by Crippen LogP contribution is -2.47. The molecule has 0 radical (unpaired) electrons. The van der Waals surface area contributed by atoms with Crippen molar-refractivity contribution in [1.29, 1.82) is 0 Å². The van der Waals surface area contributed by atoms with Gasteiger partial charge in [0.25, 0.3) is 0 Å². The van der Waals surface area contributed by atoms with Crippen molar-refractivity contribution in [3.8, 4) is 5.75 Å². The van der Waals surface area contributed by atoms with Gasteiger partial charge in [-0.1, -0.05) is 0 Å². The monoisotopic (exact) mass is 283 g/mol. The van der Waals surface area contributed by atoms with E-state index in [1.54, 1.807) is 32.8 Å². The Labute approximate surface area is 118 Å². The van der Waals surface area contributed by atoms with Crippen LogP contribution in [0.4, 0.5) is 0 Å². The van der Waals surface area contributed by atoms with Gasteiger partial charge in [-0.2, -0.15) is 0 Å². The smallest absolute Gasteiger partial charge is 0.323 e. The quantitative estimate of drug-likeness (QED) is 0.567. The topological polar surface area (TPSA) is 58.6 Å². The first-order chi connectivity index (χ1) is 9.01. The highest BCUT2D eigenvalue weighted by Crippen LogP contribution is 2.23. The second-order valence-corrected chi connectivity index (χ2v) is 5.68. The van der Waals surface area contributed by atoms with Gasteiger partial charge in [0.1, 0.15) is 11.3 Å². The molecule has 5 heteroatoms. The van der Waals surface area contributed by atoms with E-state index in [1.807, 2.05) is 24.3 Å². The summed E-state index contributed by atoms with van der Waals surface area (Å²) in [6.07, 6.45) is 1.46. The first-order valence-electron chi connectivity index (χ1n) is 6.21. The maximum atomic E-state index is 11.1. The molecule has 0 aliphatic carbocycles. The van der Waals surface area contributed by atoms with Gasteiger partial charge in [0, 0.05) is 4.90 Å². The van der Waals surface area contributed by atoms with Gasteiger partial charge in [0.2, 0.25) is 0 Å². The number of ether oxygens (including phenoxy) is 1. The van der Waals surface area contributed by atoms with E-state index in [0.29, 0.717) is 6.42 Å². The lowest BCUT2D eigenvalue weighted by molar-refractivity contribution is -0.144. The van der Waals surface area contributed by atoms with Crippen LogP contribution in [0.1, 0.15) is 19.8 Å². The van der Waals surface area contributed by atoms with Crippen LogP contribution in [0, 0.1) is 0 Å². The van der Waals surface area contributed by atoms with Gasteiger partial charge in [-0.05, 0) is 56.8 Å². The summed E-state index contributed by atoms with van der Waals surface area (Å²) in [7, 11) is 3.33. The van der Waals surface area contributed by atoms with Crippen LogP contribution in [0.5, 0.6) is 5.75 Å². The molecule has 0 amide bonds. The molecule has 0 aromatic heterocycles. The molecule has 0 bridgehead atoms.